The van der Waals surface area contributed by atoms with Gasteiger partial charge in [0.25, 0.3) is 0 Å². The van der Waals surface area contributed by atoms with Gasteiger partial charge < -0.3 is 4.74 Å². The highest BCUT2D eigenvalue weighted by atomic mass is 32.2. The van der Waals surface area contributed by atoms with Crippen LogP contribution in [0.15, 0.2) is 58.4 Å². The lowest BCUT2D eigenvalue weighted by Gasteiger charge is -2.30. The number of sulfonamides is 1. The van der Waals surface area contributed by atoms with Crippen molar-refractivity contribution < 1.29 is 27.5 Å². The summed E-state index contributed by atoms with van der Waals surface area (Å²) in [6.07, 6.45) is 0.443. The molecule has 160 valence electrons. The highest BCUT2D eigenvalue weighted by Gasteiger charge is 2.31. The van der Waals surface area contributed by atoms with E-state index >= 15 is 0 Å². The summed E-state index contributed by atoms with van der Waals surface area (Å²) in [5.74, 6) is -1.36. The van der Waals surface area contributed by atoms with Gasteiger partial charge in [0.1, 0.15) is 11.9 Å². The van der Waals surface area contributed by atoms with E-state index in [0.29, 0.717) is 18.5 Å². The average Bonchev–Trinajstić information content (AvgIpc) is 2.73. The Kier molecular flexibility index (Phi) is 6.80. The van der Waals surface area contributed by atoms with Gasteiger partial charge in [-0.15, -0.1) is 0 Å². The number of hydrogen-bond acceptors (Lipinski definition) is 6. The number of carbonyl (C=O) groups excluding carboxylic acids is 1. The topological polar surface area (TPSA) is 108 Å². The van der Waals surface area contributed by atoms with Crippen LogP contribution < -0.4 is 5.48 Å². The molecule has 1 fully saturated rings. The lowest BCUT2D eigenvalue weighted by atomic mass is 10.1. The predicted molar refractivity (Wildman–Crippen MR) is 108 cm³/mol. The molecular formula is C20H22FN3O5S. The zero-order valence-corrected chi connectivity index (χ0v) is 17.1. The Bertz CT molecular complexity index is 1040. The number of amidine groups is 1. The molecule has 0 saturated carbocycles. The number of para-hydroxylation sites is 1. The van der Waals surface area contributed by atoms with E-state index in [-0.39, 0.29) is 35.5 Å². The number of carbonyl (C=O) groups is 1. The molecule has 1 saturated heterocycles. The molecule has 0 aromatic heterocycles. The highest BCUT2D eigenvalue weighted by Crippen LogP contribution is 2.24. The molecule has 1 heterocycles. The maximum absolute atomic E-state index is 14.4. The molecule has 2 N–H and O–H groups in total. The van der Waals surface area contributed by atoms with Gasteiger partial charge in [-0.25, -0.2) is 17.8 Å². The molecule has 2 aromatic carbocycles. The van der Waals surface area contributed by atoms with Crippen molar-refractivity contribution in [1.29, 1.82) is 0 Å². The van der Waals surface area contributed by atoms with Crippen LogP contribution >= 0.6 is 0 Å². The van der Waals surface area contributed by atoms with Gasteiger partial charge >= 0.3 is 5.97 Å². The van der Waals surface area contributed by atoms with Crippen LogP contribution in [0.5, 0.6) is 0 Å². The molecule has 30 heavy (non-hydrogen) atoms. The van der Waals surface area contributed by atoms with E-state index in [9.17, 15) is 22.8 Å². The molecule has 2 aromatic rings. The lowest BCUT2D eigenvalue weighted by Crippen LogP contribution is -2.41. The van der Waals surface area contributed by atoms with Crippen molar-refractivity contribution in [2.24, 2.45) is 4.99 Å². The molecule has 0 unspecified atom stereocenters. The van der Waals surface area contributed by atoms with E-state index in [1.807, 2.05) is 5.48 Å². The van der Waals surface area contributed by atoms with E-state index in [1.54, 1.807) is 30.3 Å². The first-order valence-electron chi connectivity index (χ1n) is 9.32. The van der Waals surface area contributed by atoms with Crippen LogP contribution in [0.1, 0.15) is 25.3 Å². The summed E-state index contributed by atoms with van der Waals surface area (Å²) >= 11 is 0. The number of nitrogens with one attached hydrogen (secondary N) is 1. The molecule has 0 radical (unpaired) electrons. The van der Waals surface area contributed by atoms with Crippen LogP contribution in [0.3, 0.4) is 0 Å². The number of hydrogen-bond donors (Lipinski definition) is 2. The van der Waals surface area contributed by atoms with Crippen molar-refractivity contribution in [1.82, 2.24) is 9.79 Å². The minimum absolute atomic E-state index is 0.124. The fourth-order valence-electron chi connectivity index (χ4n) is 3.20. The minimum atomic E-state index is -3.91. The molecule has 1 aliphatic rings. The van der Waals surface area contributed by atoms with Gasteiger partial charge in [0, 0.05) is 20.0 Å². The number of esters is 1. The molecule has 0 spiro atoms. The number of piperidine rings is 1. The van der Waals surface area contributed by atoms with Gasteiger partial charge in [-0.05, 0) is 43.2 Å². The molecule has 0 aliphatic carbocycles. The predicted octanol–water partition coefficient (Wildman–Crippen LogP) is 2.60. The number of benzene rings is 2. The van der Waals surface area contributed by atoms with E-state index in [0.717, 1.165) is 12.1 Å². The minimum Gasteiger partial charge on any atom is -0.462 e. The molecular weight excluding hydrogens is 413 g/mol. The maximum Gasteiger partial charge on any atom is 0.302 e. The quantitative estimate of drug-likeness (QED) is 0.324. The van der Waals surface area contributed by atoms with Gasteiger partial charge in [0.15, 0.2) is 5.84 Å². The van der Waals surface area contributed by atoms with Crippen LogP contribution in [0.4, 0.5) is 10.1 Å². The lowest BCUT2D eigenvalue weighted by molar-refractivity contribution is -0.147. The molecule has 0 bridgehead atoms. The van der Waals surface area contributed by atoms with Crippen molar-refractivity contribution >= 4 is 27.5 Å². The molecule has 8 nitrogen and oxygen atoms in total. The summed E-state index contributed by atoms with van der Waals surface area (Å²) in [7, 11) is -3.91. The Morgan fingerprint density at radius 3 is 2.47 bits per heavy atom. The number of rotatable bonds is 5. The first-order valence-corrected chi connectivity index (χ1v) is 10.8. The molecule has 0 atom stereocenters. The summed E-state index contributed by atoms with van der Waals surface area (Å²) in [6.45, 7) is 1.67. The second-order valence-electron chi connectivity index (χ2n) is 6.76. The summed E-state index contributed by atoms with van der Waals surface area (Å²) < 4.78 is 46.9. The largest absolute Gasteiger partial charge is 0.462 e. The van der Waals surface area contributed by atoms with E-state index in [1.165, 1.54) is 17.3 Å². The van der Waals surface area contributed by atoms with Crippen LogP contribution in [-0.2, 0) is 19.6 Å². The summed E-state index contributed by atoms with van der Waals surface area (Å²) in [6, 6.07) is 11.9. The van der Waals surface area contributed by atoms with Crippen LogP contribution in [0, 0.1) is 5.82 Å². The fourth-order valence-corrected chi connectivity index (χ4v) is 4.69. The Morgan fingerprint density at radius 2 is 1.87 bits per heavy atom. The molecule has 1 aliphatic heterocycles. The van der Waals surface area contributed by atoms with Crippen LogP contribution in [0.25, 0.3) is 0 Å². The standard InChI is InChI=1S/C20H22FN3O5S/c1-14(25)29-16-9-11-24(12-10-16)30(27,28)17-7-8-19(21)18(13-17)20(23-26)22-15-5-3-2-4-6-15/h2-8,13,16,26H,9-12H2,1H3,(H,22,23). The van der Waals surface area contributed by atoms with Crippen LogP contribution in [0.2, 0.25) is 0 Å². The Hall–Kier alpha value is -2.82. The SMILES string of the molecule is CC(=O)OC1CCN(S(=O)(=O)c2ccc(F)c(C(=Nc3ccccc3)NO)c2)CC1. The third kappa shape index (κ3) is 5.02. The monoisotopic (exact) mass is 435 g/mol. The Balaban J connectivity index is 1.87. The number of ether oxygens (including phenoxy) is 1. The normalized spacial score (nSPS) is 16.3. The zero-order valence-electron chi connectivity index (χ0n) is 16.3. The van der Waals surface area contributed by atoms with Crippen molar-refractivity contribution in [2.75, 3.05) is 13.1 Å². The first-order chi connectivity index (χ1) is 14.3. The van der Waals surface area contributed by atoms with E-state index in [4.69, 9.17) is 4.74 Å². The molecule has 3 rings (SSSR count). The summed E-state index contributed by atoms with van der Waals surface area (Å²) in [4.78, 5) is 15.1. The smallest absolute Gasteiger partial charge is 0.302 e. The second kappa shape index (κ2) is 9.33. The third-order valence-electron chi connectivity index (χ3n) is 4.67. The van der Waals surface area contributed by atoms with Gasteiger partial charge in [-0.3, -0.25) is 15.5 Å². The second-order valence-corrected chi connectivity index (χ2v) is 8.70. The summed E-state index contributed by atoms with van der Waals surface area (Å²) in [5, 5.41) is 9.46. The van der Waals surface area contributed by atoms with Crippen LogP contribution in [-0.4, -0.2) is 48.9 Å². The highest BCUT2D eigenvalue weighted by molar-refractivity contribution is 7.89. The van der Waals surface area contributed by atoms with Crippen molar-refractivity contribution in [3.63, 3.8) is 0 Å². The number of hydroxylamine groups is 1. The van der Waals surface area contributed by atoms with Gasteiger partial charge in [-0.2, -0.15) is 4.31 Å². The van der Waals surface area contributed by atoms with Gasteiger partial charge in [0.2, 0.25) is 10.0 Å². The fraction of sp³-hybridized carbons (Fsp3) is 0.300. The van der Waals surface area contributed by atoms with Crippen molar-refractivity contribution in [2.45, 2.75) is 30.8 Å². The maximum atomic E-state index is 14.4. The first kappa shape index (κ1) is 21.9. The number of nitrogens with zero attached hydrogens (tertiary/aromatic N) is 2. The Morgan fingerprint density at radius 1 is 1.20 bits per heavy atom. The van der Waals surface area contributed by atoms with Crippen molar-refractivity contribution in [3.05, 3.63) is 59.9 Å². The van der Waals surface area contributed by atoms with E-state index < -0.39 is 21.8 Å². The van der Waals surface area contributed by atoms with E-state index in [2.05, 4.69) is 4.99 Å². The average molecular weight is 435 g/mol. The Labute approximate surface area is 174 Å². The number of halogens is 1. The zero-order chi connectivity index (χ0) is 21.7. The summed E-state index contributed by atoms with van der Waals surface area (Å²) in [5.41, 5.74) is 2.11. The van der Waals surface area contributed by atoms with Gasteiger partial charge in [0.05, 0.1) is 16.1 Å². The molecule has 10 heteroatoms. The van der Waals surface area contributed by atoms with Gasteiger partial charge in [-0.1, -0.05) is 18.2 Å². The molecule has 0 amide bonds. The number of aliphatic imine (C=N–C) groups is 1. The third-order valence-corrected chi connectivity index (χ3v) is 6.56. The van der Waals surface area contributed by atoms with Crippen molar-refractivity contribution in [3.8, 4) is 0 Å².